The molecule has 0 saturated carbocycles. The minimum absolute atomic E-state index is 0. The summed E-state index contributed by atoms with van der Waals surface area (Å²) in [5.74, 6) is 0. The van der Waals surface area contributed by atoms with Gasteiger partial charge in [0.2, 0.25) is 10.0 Å². The minimum atomic E-state index is -3.42. The van der Waals surface area contributed by atoms with Gasteiger partial charge in [0.25, 0.3) is 0 Å². The molecule has 5 nitrogen and oxygen atoms in total. The summed E-state index contributed by atoms with van der Waals surface area (Å²) in [6.07, 6.45) is 0. The summed E-state index contributed by atoms with van der Waals surface area (Å²) in [5.41, 5.74) is 2.01. The van der Waals surface area contributed by atoms with Crippen molar-refractivity contribution < 1.29 is 8.42 Å². The number of halogens is 1. The number of hydrogen-bond donors (Lipinski definition) is 1. The predicted octanol–water partition coefficient (Wildman–Crippen LogP) is 1.47. The van der Waals surface area contributed by atoms with Gasteiger partial charge < -0.3 is 10.2 Å². The molecule has 0 aromatic heterocycles. The van der Waals surface area contributed by atoms with Crippen LogP contribution in [0.1, 0.15) is 12.5 Å². The van der Waals surface area contributed by atoms with Gasteiger partial charge in [-0.1, -0.05) is 6.07 Å². The Bertz CT molecular complexity index is 590. The fourth-order valence-corrected chi connectivity index (χ4v) is 4.20. The number of sulfonamides is 1. The van der Waals surface area contributed by atoms with Gasteiger partial charge in [0.1, 0.15) is 0 Å². The van der Waals surface area contributed by atoms with Gasteiger partial charge in [-0.3, -0.25) is 0 Å². The average molecular weight is 334 g/mol. The van der Waals surface area contributed by atoms with E-state index >= 15 is 0 Å². The molecule has 1 unspecified atom stereocenters. The van der Waals surface area contributed by atoms with Crippen LogP contribution >= 0.6 is 12.4 Å². The van der Waals surface area contributed by atoms with E-state index in [9.17, 15) is 8.42 Å². The highest BCUT2D eigenvalue weighted by molar-refractivity contribution is 7.89. The Balaban J connectivity index is 0.00000220. The lowest BCUT2D eigenvalue weighted by molar-refractivity contribution is 0.284. The van der Waals surface area contributed by atoms with Crippen molar-refractivity contribution in [3.05, 3.63) is 23.8 Å². The largest absolute Gasteiger partial charge is 0.377 e. The molecule has 1 atom stereocenters. The Hall–Kier alpha value is -0.820. The number of piperazine rings is 1. The van der Waals surface area contributed by atoms with Crippen LogP contribution in [0.25, 0.3) is 0 Å². The van der Waals surface area contributed by atoms with E-state index in [1.807, 2.05) is 38.9 Å². The quantitative estimate of drug-likeness (QED) is 0.910. The maximum atomic E-state index is 12.8. The summed E-state index contributed by atoms with van der Waals surface area (Å²) in [6.45, 7) is 5.85. The molecule has 1 aromatic rings. The van der Waals surface area contributed by atoms with Gasteiger partial charge >= 0.3 is 0 Å². The van der Waals surface area contributed by atoms with E-state index in [0.717, 1.165) is 11.3 Å². The van der Waals surface area contributed by atoms with E-state index in [1.165, 1.54) is 0 Å². The maximum absolute atomic E-state index is 12.8. The normalized spacial score (nSPS) is 19.9. The third-order valence-electron chi connectivity index (χ3n) is 3.71. The molecule has 0 spiro atoms. The van der Waals surface area contributed by atoms with Crippen LogP contribution in [-0.2, 0) is 10.0 Å². The zero-order valence-electron chi connectivity index (χ0n) is 13.0. The number of benzene rings is 1. The molecule has 1 fully saturated rings. The SMILES string of the molecule is Cc1ccc(S(=O)(=O)N2CCNCC2C)cc1N(C)C.Cl. The fourth-order valence-electron chi connectivity index (χ4n) is 2.55. The molecule has 2 rings (SSSR count). The van der Waals surface area contributed by atoms with Crippen molar-refractivity contribution in [1.82, 2.24) is 9.62 Å². The first kappa shape index (κ1) is 18.2. The molecule has 0 amide bonds. The first-order valence-electron chi connectivity index (χ1n) is 6.84. The van der Waals surface area contributed by atoms with E-state index in [4.69, 9.17) is 0 Å². The van der Waals surface area contributed by atoms with Crippen LogP contribution in [0.2, 0.25) is 0 Å². The molecule has 0 bridgehead atoms. The van der Waals surface area contributed by atoms with E-state index in [2.05, 4.69) is 5.32 Å². The number of nitrogens with zero attached hydrogens (tertiary/aromatic N) is 2. The second-order valence-corrected chi connectivity index (χ2v) is 7.40. The zero-order valence-corrected chi connectivity index (χ0v) is 14.6. The molecule has 21 heavy (non-hydrogen) atoms. The third kappa shape index (κ3) is 3.69. The van der Waals surface area contributed by atoms with Crippen LogP contribution in [0.4, 0.5) is 5.69 Å². The Morgan fingerprint density at radius 3 is 2.57 bits per heavy atom. The van der Waals surface area contributed by atoms with E-state index in [1.54, 1.807) is 16.4 Å². The highest BCUT2D eigenvalue weighted by Gasteiger charge is 2.31. The Morgan fingerprint density at radius 1 is 1.33 bits per heavy atom. The smallest absolute Gasteiger partial charge is 0.243 e. The summed E-state index contributed by atoms with van der Waals surface area (Å²) in [6, 6.07) is 5.32. The summed E-state index contributed by atoms with van der Waals surface area (Å²) in [7, 11) is 0.428. The van der Waals surface area contributed by atoms with Crippen LogP contribution in [0.3, 0.4) is 0 Å². The van der Waals surface area contributed by atoms with Gasteiger partial charge in [-0.15, -0.1) is 12.4 Å². The van der Waals surface area contributed by atoms with E-state index in [-0.39, 0.29) is 18.4 Å². The molecule has 1 saturated heterocycles. The highest BCUT2D eigenvalue weighted by Crippen LogP contribution is 2.25. The van der Waals surface area contributed by atoms with Crippen LogP contribution in [0.15, 0.2) is 23.1 Å². The standard InChI is InChI=1S/C14H23N3O2S.ClH/c1-11-5-6-13(9-14(11)16(3)4)20(18,19)17-8-7-15-10-12(17)2;/h5-6,9,12,15H,7-8,10H2,1-4H3;1H. The molecule has 1 aliphatic rings. The summed E-state index contributed by atoms with van der Waals surface area (Å²) < 4.78 is 27.1. The number of aryl methyl sites for hydroxylation is 1. The highest BCUT2D eigenvalue weighted by atomic mass is 35.5. The average Bonchev–Trinajstić information content (AvgIpc) is 2.38. The molecular formula is C14H24ClN3O2S. The number of rotatable bonds is 3. The van der Waals surface area contributed by atoms with Crippen molar-refractivity contribution >= 4 is 28.1 Å². The fraction of sp³-hybridized carbons (Fsp3) is 0.571. The maximum Gasteiger partial charge on any atom is 0.243 e. The topological polar surface area (TPSA) is 52.7 Å². The van der Waals surface area contributed by atoms with Gasteiger partial charge in [0.15, 0.2) is 0 Å². The van der Waals surface area contributed by atoms with Gasteiger partial charge in [0, 0.05) is 45.5 Å². The van der Waals surface area contributed by atoms with Gasteiger partial charge in [-0.25, -0.2) is 8.42 Å². The Morgan fingerprint density at radius 2 is 2.00 bits per heavy atom. The first-order valence-corrected chi connectivity index (χ1v) is 8.28. The first-order chi connectivity index (χ1) is 9.34. The third-order valence-corrected chi connectivity index (χ3v) is 5.72. The molecule has 0 aliphatic carbocycles. The Kier molecular flexibility index (Phi) is 6.04. The monoisotopic (exact) mass is 333 g/mol. The molecule has 7 heteroatoms. The molecule has 1 heterocycles. The second kappa shape index (κ2) is 6.96. The summed E-state index contributed by atoms with van der Waals surface area (Å²) in [4.78, 5) is 2.32. The zero-order chi connectivity index (χ0) is 14.9. The van der Waals surface area contributed by atoms with Gasteiger partial charge in [-0.2, -0.15) is 4.31 Å². The second-order valence-electron chi connectivity index (χ2n) is 5.51. The molecule has 1 aromatic carbocycles. The lowest BCUT2D eigenvalue weighted by Crippen LogP contribution is -2.52. The number of anilines is 1. The molecule has 120 valence electrons. The Labute approximate surface area is 133 Å². The van der Waals surface area contributed by atoms with Crippen molar-refractivity contribution in [2.75, 3.05) is 38.6 Å². The van der Waals surface area contributed by atoms with Crippen molar-refractivity contribution in [2.24, 2.45) is 0 Å². The van der Waals surface area contributed by atoms with Crippen molar-refractivity contribution in [2.45, 2.75) is 24.8 Å². The lowest BCUT2D eigenvalue weighted by atomic mass is 10.2. The lowest BCUT2D eigenvalue weighted by Gasteiger charge is -2.33. The van der Waals surface area contributed by atoms with Crippen LogP contribution in [0, 0.1) is 6.92 Å². The van der Waals surface area contributed by atoms with Crippen LogP contribution in [-0.4, -0.2) is 52.5 Å². The van der Waals surface area contributed by atoms with Gasteiger partial charge in [-0.05, 0) is 31.5 Å². The molecule has 0 radical (unpaired) electrons. The molecule has 1 aliphatic heterocycles. The van der Waals surface area contributed by atoms with Crippen LogP contribution < -0.4 is 10.2 Å². The summed E-state index contributed by atoms with van der Waals surface area (Å²) in [5, 5.41) is 3.21. The minimum Gasteiger partial charge on any atom is -0.377 e. The van der Waals surface area contributed by atoms with Crippen molar-refractivity contribution in [1.29, 1.82) is 0 Å². The summed E-state index contributed by atoms with van der Waals surface area (Å²) >= 11 is 0. The van der Waals surface area contributed by atoms with E-state index < -0.39 is 10.0 Å². The van der Waals surface area contributed by atoms with Gasteiger partial charge in [0.05, 0.1) is 4.90 Å². The van der Waals surface area contributed by atoms with Crippen molar-refractivity contribution in [3.8, 4) is 0 Å². The van der Waals surface area contributed by atoms with Crippen LogP contribution in [0.5, 0.6) is 0 Å². The van der Waals surface area contributed by atoms with E-state index in [0.29, 0.717) is 24.5 Å². The number of hydrogen-bond acceptors (Lipinski definition) is 4. The molecule has 1 N–H and O–H groups in total. The number of nitrogens with one attached hydrogen (secondary N) is 1. The predicted molar refractivity (Wildman–Crippen MR) is 89.0 cm³/mol. The van der Waals surface area contributed by atoms with Crippen molar-refractivity contribution in [3.63, 3.8) is 0 Å². The molecular weight excluding hydrogens is 310 g/mol.